The quantitative estimate of drug-likeness (QED) is 0.136. The standard InChI is InChI=1S/C25H26ClN5O3S2/c1-5-6-18(7-8-29-26)24(32)31-25-30-20(15-35-25)23-16(2)11-19(12-17(23)3)36-22-14-27-21(13-28-22)34-10-9-33-4/h5-8,11-15H,9-10H2,1-4H3,(H,30,31,32)/b6-5-,18-7+,29-8?. The Morgan fingerprint density at radius 3 is 2.64 bits per heavy atom. The molecule has 0 aliphatic rings. The number of carbonyl (C=O) groups excluding carboxylic acids is 1. The minimum atomic E-state index is -0.290. The molecule has 0 saturated carbocycles. The van der Waals surface area contributed by atoms with Gasteiger partial charge in [0.05, 0.1) is 24.7 Å². The number of methoxy groups -OCH3 is 1. The summed E-state index contributed by atoms with van der Waals surface area (Å²) in [6.07, 6.45) is 9.64. The Balaban J connectivity index is 1.72. The molecule has 0 aliphatic carbocycles. The molecule has 0 atom stereocenters. The zero-order chi connectivity index (χ0) is 25.9. The van der Waals surface area contributed by atoms with Crippen LogP contribution in [0.25, 0.3) is 11.3 Å². The van der Waals surface area contributed by atoms with Crippen molar-refractivity contribution in [3.8, 4) is 17.1 Å². The minimum Gasteiger partial charge on any atom is -0.474 e. The summed E-state index contributed by atoms with van der Waals surface area (Å²) in [6.45, 7) is 6.83. The first-order chi connectivity index (χ1) is 17.4. The average molecular weight is 544 g/mol. The van der Waals surface area contributed by atoms with Crippen LogP contribution in [0.2, 0.25) is 0 Å². The number of rotatable bonds is 11. The molecule has 0 saturated heterocycles. The number of carbonyl (C=O) groups is 1. The molecule has 1 amide bonds. The predicted octanol–water partition coefficient (Wildman–Crippen LogP) is 6.06. The third kappa shape index (κ3) is 7.72. The highest BCUT2D eigenvalue weighted by Gasteiger charge is 2.15. The number of nitrogens with one attached hydrogen (secondary N) is 1. The van der Waals surface area contributed by atoms with Crippen LogP contribution in [0.15, 0.2) is 68.1 Å². The van der Waals surface area contributed by atoms with Crippen LogP contribution in [0.3, 0.4) is 0 Å². The van der Waals surface area contributed by atoms with E-state index in [2.05, 4.69) is 36.9 Å². The van der Waals surface area contributed by atoms with Crippen LogP contribution in [0.1, 0.15) is 18.1 Å². The van der Waals surface area contributed by atoms with Gasteiger partial charge in [0.25, 0.3) is 5.91 Å². The van der Waals surface area contributed by atoms with Crippen LogP contribution in [-0.2, 0) is 9.53 Å². The van der Waals surface area contributed by atoms with E-state index in [1.807, 2.05) is 26.2 Å². The van der Waals surface area contributed by atoms with Gasteiger partial charge in [0.2, 0.25) is 5.88 Å². The monoisotopic (exact) mass is 543 g/mol. The van der Waals surface area contributed by atoms with Gasteiger partial charge in [-0.25, -0.2) is 15.0 Å². The Morgan fingerprint density at radius 2 is 2.00 bits per heavy atom. The summed E-state index contributed by atoms with van der Waals surface area (Å²) >= 11 is 8.23. The van der Waals surface area contributed by atoms with Gasteiger partial charge < -0.3 is 9.47 Å². The van der Waals surface area contributed by atoms with Crippen LogP contribution in [0, 0.1) is 13.8 Å². The lowest BCUT2D eigenvalue weighted by Gasteiger charge is -2.11. The van der Waals surface area contributed by atoms with Crippen molar-refractivity contribution in [2.24, 2.45) is 4.51 Å². The number of benzene rings is 1. The zero-order valence-electron chi connectivity index (χ0n) is 20.3. The number of aromatic nitrogens is 3. The molecule has 2 heterocycles. The lowest BCUT2D eigenvalue weighted by molar-refractivity contribution is -0.112. The zero-order valence-corrected chi connectivity index (χ0v) is 22.7. The molecular formula is C25H26ClN5O3S2. The van der Waals surface area contributed by atoms with Gasteiger partial charge in [-0.05, 0) is 50.1 Å². The van der Waals surface area contributed by atoms with Crippen molar-refractivity contribution in [3.05, 3.63) is 64.8 Å². The van der Waals surface area contributed by atoms with Crippen LogP contribution < -0.4 is 10.1 Å². The first-order valence-electron chi connectivity index (χ1n) is 10.9. The number of ether oxygens (including phenoxy) is 2. The average Bonchev–Trinajstić information content (AvgIpc) is 3.30. The maximum Gasteiger partial charge on any atom is 0.257 e. The third-order valence-corrected chi connectivity index (χ3v) is 6.53. The molecule has 0 fully saturated rings. The summed E-state index contributed by atoms with van der Waals surface area (Å²) in [4.78, 5) is 27.0. The second kappa shape index (κ2) is 13.9. The first-order valence-corrected chi connectivity index (χ1v) is 13.0. The lowest BCUT2D eigenvalue weighted by atomic mass is 10.0. The number of thiazole rings is 1. The number of hydrogen-bond donors (Lipinski definition) is 1. The summed E-state index contributed by atoms with van der Waals surface area (Å²) in [7, 11) is 1.62. The number of amides is 1. The van der Waals surface area contributed by atoms with E-state index in [0.29, 0.717) is 29.8 Å². The minimum absolute atomic E-state index is 0.290. The molecule has 0 unspecified atom stereocenters. The smallest absolute Gasteiger partial charge is 0.257 e. The molecule has 0 spiro atoms. The van der Waals surface area contributed by atoms with E-state index in [-0.39, 0.29) is 5.91 Å². The molecule has 1 N–H and O–H groups in total. The van der Waals surface area contributed by atoms with E-state index in [9.17, 15) is 4.79 Å². The fraction of sp³-hybridized carbons (Fsp3) is 0.240. The van der Waals surface area contributed by atoms with Gasteiger partial charge in [-0.15, -0.1) is 11.3 Å². The van der Waals surface area contributed by atoms with Crippen molar-refractivity contribution in [3.63, 3.8) is 0 Å². The number of nitrogens with zero attached hydrogens (tertiary/aromatic N) is 4. The fourth-order valence-corrected chi connectivity index (χ4v) is 4.96. The van der Waals surface area contributed by atoms with Gasteiger partial charge in [-0.3, -0.25) is 10.1 Å². The van der Waals surface area contributed by atoms with E-state index in [4.69, 9.17) is 21.3 Å². The molecule has 1 aromatic carbocycles. The number of halogens is 1. The lowest BCUT2D eigenvalue weighted by Crippen LogP contribution is -2.13. The summed E-state index contributed by atoms with van der Waals surface area (Å²) in [6, 6.07) is 4.18. The third-order valence-electron chi connectivity index (χ3n) is 4.77. The molecule has 8 nitrogen and oxygen atoms in total. The van der Waals surface area contributed by atoms with Crippen molar-refractivity contribution < 1.29 is 14.3 Å². The maximum absolute atomic E-state index is 12.6. The molecule has 3 rings (SSSR count). The van der Waals surface area contributed by atoms with Gasteiger partial charge in [0, 0.05) is 46.5 Å². The van der Waals surface area contributed by atoms with Gasteiger partial charge in [0.15, 0.2) is 5.13 Å². The van der Waals surface area contributed by atoms with Gasteiger partial charge in [0.1, 0.15) is 11.6 Å². The van der Waals surface area contributed by atoms with E-state index in [1.165, 1.54) is 35.4 Å². The highest BCUT2D eigenvalue weighted by Crippen LogP contribution is 2.35. The maximum atomic E-state index is 12.6. The van der Waals surface area contributed by atoms with E-state index < -0.39 is 0 Å². The molecule has 188 valence electrons. The normalized spacial score (nSPS) is 12.0. The highest BCUT2D eigenvalue weighted by atomic mass is 35.5. The van der Waals surface area contributed by atoms with Crippen LogP contribution in [-0.4, -0.2) is 47.4 Å². The van der Waals surface area contributed by atoms with E-state index >= 15 is 0 Å². The highest BCUT2D eigenvalue weighted by molar-refractivity contribution is 7.99. The molecular weight excluding hydrogens is 518 g/mol. The topological polar surface area (TPSA) is 98.6 Å². The molecule has 0 radical (unpaired) electrons. The Kier molecular flexibility index (Phi) is 10.6. The van der Waals surface area contributed by atoms with Crippen molar-refractivity contribution in [2.45, 2.75) is 30.7 Å². The van der Waals surface area contributed by atoms with Gasteiger partial charge in [-0.1, -0.05) is 23.9 Å². The molecule has 2 aromatic heterocycles. The van der Waals surface area contributed by atoms with Crippen molar-refractivity contribution >= 4 is 52.1 Å². The second-order valence-electron chi connectivity index (χ2n) is 7.43. The summed E-state index contributed by atoms with van der Waals surface area (Å²) in [5, 5.41) is 6.05. The Bertz CT molecular complexity index is 1250. The summed E-state index contributed by atoms with van der Waals surface area (Å²) in [5.74, 6) is 0.174. The SMILES string of the molecule is C/C=C\C(=C/C=NCl)C(=O)Nc1nc(-c2c(C)cc(Sc3cnc(OCCOC)cn3)cc2C)cs1. The summed E-state index contributed by atoms with van der Waals surface area (Å²) in [5.41, 5.74) is 4.40. The number of allylic oxidation sites excluding steroid dienone is 2. The largest absolute Gasteiger partial charge is 0.474 e. The number of hydrogen-bond acceptors (Lipinski definition) is 9. The first kappa shape index (κ1) is 27.5. The summed E-state index contributed by atoms with van der Waals surface area (Å²) < 4.78 is 13.8. The van der Waals surface area contributed by atoms with Crippen LogP contribution in [0.4, 0.5) is 5.13 Å². The van der Waals surface area contributed by atoms with E-state index in [1.54, 1.807) is 31.7 Å². The number of aryl methyl sites for hydroxylation is 2. The van der Waals surface area contributed by atoms with Crippen molar-refractivity contribution in [2.75, 3.05) is 25.6 Å². The Labute approximate surface area is 223 Å². The Morgan fingerprint density at radius 1 is 1.22 bits per heavy atom. The van der Waals surface area contributed by atoms with E-state index in [0.717, 1.165) is 32.3 Å². The number of anilines is 1. The molecule has 0 bridgehead atoms. The molecule has 3 aromatic rings. The van der Waals surface area contributed by atoms with Crippen molar-refractivity contribution in [1.29, 1.82) is 0 Å². The Hall–Kier alpha value is -3.05. The molecule has 11 heteroatoms. The van der Waals surface area contributed by atoms with Crippen LogP contribution in [0.5, 0.6) is 5.88 Å². The van der Waals surface area contributed by atoms with Crippen LogP contribution >= 0.6 is 34.9 Å². The predicted molar refractivity (Wildman–Crippen MR) is 146 cm³/mol. The van der Waals surface area contributed by atoms with Crippen molar-refractivity contribution in [1.82, 2.24) is 15.0 Å². The van der Waals surface area contributed by atoms with Gasteiger partial charge in [-0.2, -0.15) is 4.51 Å². The molecule has 0 aliphatic heterocycles. The second-order valence-corrected chi connectivity index (χ2v) is 9.58. The van der Waals surface area contributed by atoms with Gasteiger partial charge >= 0.3 is 0 Å². The fourth-order valence-electron chi connectivity index (χ4n) is 3.28. The molecule has 36 heavy (non-hydrogen) atoms.